The molecule has 0 aliphatic rings. The molecule has 1 aromatic heterocycles. The van der Waals surface area contributed by atoms with Crippen LogP contribution in [0.15, 0.2) is 4.42 Å². The number of hydrogen-bond acceptors (Lipinski definition) is 3. The van der Waals surface area contributed by atoms with Crippen molar-refractivity contribution in [2.24, 2.45) is 0 Å². The molecule has 0 spiro atoms. The highest BCUT2D eigenvalue weighted by atomic mass is 16.4. The lowest BCUT2D eigenvalue weighted by atomic mass is 10.1. The smallest absolute Gasteiger partial charge is 0.219 e. The molecule has 0 aromatic carbocycles. The molecule has 0 fully saturated rings. The van der Waals surface area contributed by atoms with Gasteiger partial charge in [-0.2, -0.15) is 0 Å². The summed E-state index contributed by atoms with van der Waals surface area (Å²) in [6, 6.07) is 0. The molecule has 1 heterocycles. The Morgan fingerprint density at radius 2 is 2.20 bits per heavy atom. The van der Waals surface area contributed by atoms with Gasteiger partial charge in [-0.15, -0.1) is 10.2 Å². The first-order chi connectivity index (χ1) is 4.74. The summed E-state index contributed by atoms with van der Waals surface area (Å²) < 4.78 is 5.21. The average molecular weight is 140 g/mol. The molecule has 10 heavy (non-hydrogen) atoms. The van der Waals surface area contributed by atoms with E-state index in [-0.39, 0.29) is 0 Å². The molecular formula is C7H12N2O. The molecule has 0 bridgehead atoms. The monoisotopic (exact) mass is 140 g/mol. The largest absolute Gasteiger partial charge is 0.425 e. The molecule has 56 valence electrons. The van der Waals surface area contributed by atoms with E-state index >= 15 is 0 Å². The molecule has 0 amide bonds. The summed E-state index contributed by atoms with van der Waals surface area (Å²) in [6.45, 7) is 5.98. The quantitative estimate of drug-likeness (QED) is 0.629. The Morgan fingerprint density at radius 1 is 1.50 bits per heavy atom. The minimum absolute atomic E-state index is 0.390. The van der Waals surface area contributed by atoms with E-state index in [2.05, 4.69) is 24.0 Å². The lowest BCUT2D eigenvalue weighted by Crippen LogP contribution is -1.90. The highest BCUT2D eigenvalue weighted by molar-refractivity contribution is 4.86. The van der Waals surface area contributed by atoms with Gasteiger partial charge in [0.2, 0.25) is 11.8 Å². The third kappa shape index (κ3) is 1.35. The van der Waals surface area contributed by atoms with Gasteiger partial charge in [-0.3, -0.25) is 0 Å². The molecule has 3 nitrogen and oxygen atoms in total. The number of nitrogens with zero attached hydrogens (tertiary/aromatic N) is 2. The van der Waals surface area contributed by atoms with Gasteiger partial charge in [0.25, 0.3) is 0 Å². The number of rotatable bonds is 2. The van der Waals surface area contributed by atoms with Crippen molar-refractivity contribution in [2.45, 2.75) is 33.1 Å². The van der Waals surface area contributed by atoms with Crippen molar-refractivity contribution >= 4 is 0 Å². The normalized spacial score (nSPS) is 13.5. The Balaban J connectivity index is 2.74. The predicted molar refractivity (Wildman–Crippen MR) is 37.7 cm³/mol. The fourth-order valence-electron chi connectivity index (χ4n) is 0.686. The Morgan fingerprint density at radius 3 is 2.60 bits per heavy atom. The zero-order chi connectivity index (χ0) is 7.56. The van der Waals surface area contributed by atoms with Gasteiger partial charge in [-0.25, -0.2) is 0 Å². The maximum atomic E-state index is 5.21. The summed E-state index contributed by atoms with van der Waals surface area (Å²) in [4.78, 5) is 0. The fourth-order valence-corrected chi connectivity index (χ4v) is 0.686. The van der Waals surface area contributed by atoms with Crippen LogP contribution in [0.1, 0.15) is 38.0 Å². The van der Waals surface area contributed by atoms with Crippen molar-refractivity contribution in [3.8, 4) is 0 Å². The van der Waals surface area contributed by atoms with Crippen molar-refractivity contribution in [3.05, 3.63) is 11.8 Å². The lowest BCUT2D eigenvalue weighted by molar-refractivity contribution is 0.433. The Kier molecular flexibility index (Phi) is 2.04. The lowest BCUT2D eigenvalue weighted by Gasteiger charge is -1.98. The molecule has 3 heteroatoms. The van der Waals surface area contributed by atoms with Gasteiger partial charge in [0.1, 0.15) is 0 Å². The molecule has 0 aliphatic heterocycles. The first-order valence-corrected chi connectivity index (χ1v) is 3.54. The Hall–Kier alpha value is -0.860. The number of aromatic nitrogens is 2. The van der Waals surface area contributed by atoms with E-state index in [4.69, 9.17) is 4.42 Å². The van der Waals surface area contributed by atoms with Gasteiger partial charge in [-0.05, 0) is 6.42 Å². The highest BCUT2D eigenvalue weighted by Crippen LogP contribution is 2.15. The van der Waals surface area contributed by atoms with Crippen LogP contribution in [0.5, 0.6) is 0 Å². The van der Waals surface area contributed by atoms with E-state index in [1.54, 1.807) is 6.92 Å². The summed E-state index contributed by atoms with van der Waals surface area (Å²) in [5, 5.41) is 7.64. The van der Waals surface area contributed by atoms with Crippen molar-refractivity contribution < 1.29 is 4.42 Å². The third-order valence-electron chi connectivity index (χ3n) is 1.58. The second kappa shape index (κ2) is 2.82. The van der Waals surface area contributed by atoms with Gasteiger partial charge in [-0.1, -0.05) is 13.8 Å². The highest BCUT2D eigenvalue weighted by Gasteiger charge is 2.08. The fraction of sp³-hybridized carbons (Fsp3) is 0.714. The van der Waals surface area contributed by atoms with Crippen LogP contribution in [-0.2, 0) is 0 Å². The third-order valence-corrected chi connectivity index (χ3v) is 1.58. The maximum Gasteiger partial charge on any atom is 0.219 e. The van der Waals surface area contributed by atoms with Gasteiger partial charge in [0.05, 0.1) is 0 Å². The van der Waals surface area contributed by atoms with Gasteiger partial charge < -0.3 is 4.42 Å². The van der Waals surface area contributed by atoms with Crippen LogP contribution >= 0.6 is 0 Å². The number of aryl methyl sites for hydroxylation is 1. The van der Waals surface area contributed by atoms with Crippen LogP contribution in [0.4, 0.5) is 0 Å². The van der Waals surface area contributed by atoms with Crippen LogP contribution in [-0.4, -0.2) is 10.2 Å². The predicted octanol–water partition coefficient (Wildman–Crippen LogP) is 1.89. The van der Waals surface area contributed by atoms with Gasteiger partial charge in [0.15, 0.2) is 0 Å². The first-order valence-electron chi connectivity index (χ1n) is 3.54. The second-order valence-electron chi connectivity index (χ2n) is 2.47. The minimum Gasteiger partial charge on any atom is -0.425 e. The van der Waals surface area contributed by atoms with Crippen LogP contribution in [0.25, 0.3) is 0 Å². The molecule has 0 saturated heterocycles. The molecule has 1 atom stereocenters. The van der Waals surface area contributed by atoms with Crippen molar-refractivity contribution in [1.29, 1.82) is 0 Å². The van der Waals surface area contributed by atoms with E-state index in [0.29, 0.717) is 11.8 Å². The summed E-state index contributed by atoms with van der Waals surface area (Å²) in [5.74, 6) is 1.79. The molecule has 0 radical (unpaired) electrons. The van der Waals surface area contributed by atoms with Gasteiger partial charge >= 0.3 is 0 Å². The van der Waals surface area contributed by atoms with Crippen molar-refractivity contribution in [1.82, 2.24) is 10.2 Å². The molecule has 0 saturated carbocycles. The topological polar surface area (TPSA) is 38.9 Å². The Labute approximate surface area is 60.5 Å². The average Bonchev–Trinajstić information content (AvgIpc) is 2.34. The van der Waals surface area contributed by atoms with Crippen molar-refractivity contribution in [2.75, 3.05) is 0 Å². The Bertz CT molecular complexity index is 207. The number of hydrogen-bond donors (Lipinski definition) is 0. The minimum atomic E-state index is 0.390. The summed E-state index contributed by atoms with van der Waals surface area (Å²) >= 11 is 0. The molecule has 1 rings (SSSR count). The zero-order valence-corrected chi connectivity index (χ0v) is 6.59. The van der Waals surface area contributed by atoms with Crippen LogP contribution in [0.3, 0.4) is 0 Å². The van der Waals surface area contributed by atoms with Crippen molar-refractivity contribution in [3.63, 3.8) is 0 Å². The van der Waals surface area contributed by atoms with Gasteiger partial charge in [0, 0.05) is 12.8 Å². The van der Waals surface area contributed by atoms with Crippen LogP contribution in [0, 0.1) is 6.92 Å². The summed E-state index contributed by atoms with van der Waals surface area (Å²) in [5.41, 5.74) is 0. The molecule has 0 N–H and O–H groups in total. The second-order valence-corrected chi connectivity index (χ2v) is 2.47. The van der Waals surface area contributed by atoms with E-state index in [0.717, 1.165) is 12.3 Å². The zero-order valence-electron chi connectivity index (χ0n) is 6.59. The summed E-state index contributed by atoms with van der Waals surface area (Å²) in [6.07, 6.45) is 1.04. The van der Waals surface area contributed by atoms with E-state index in [1.165, 1.54) is 0 Å². The van der Waals surface area contributed by atoms with Crippen LogP contribution < -0.4 is 0 Å². The summed E-state index contributed by atoms with van der Waals surface area (Å²) in [7, 11) is 0. The standard InChI is InChI=1S/C7H12N2O/c1-4-5(2)7-9-8-6(3)10-7/h5H,4H2,1-3H3. The van der Waals surface area contributed by atoms with E-state index in [1.807, 2.05) is 0 Å². The molecule has 0 aliphatic carbocycles. The first kappa shape index (κ1) is 7.25. The molecule has 1 unspecified atom stereocenters. The molecule has 1 aromatic rings. The SMILES string of the molecule is CCC(C)c1nnc(C)o1. The maximum absolute atomic E-state index is 5.21. The van der Waals surface area contributed by atoms with E-state index < -0.39 is 0 Å². The van der Waals surface area contributed by atoms with Crippen LogP contribution in [0.2, 0.25) is 0 Å². The molecular weight excluding hydrogens is 128 g/mol. The van der Waals surface area contributed by atoms with E-state index in [9.17, 15) is 0 Å².